The third kappa shape index (κ3) is 1.72. The molecule has 0 bridgehead atoms. The molecule has 2 rings (SSSR count). The van der Waals surface area contributed by atoms with Gasteiger partial charge in [-0.15, -0.1) is 0 Å². The molecule has 1 aromatic heterocycles. The molecule has 0 radical (unpaired) electrons. The predicted octanol–water partition coefficient (Wildman–Crippen LogP) is 2.34. The monoisotopic (exact) mass is 238 g/mol. The second kappa shape index (κ2) is 3.22. The van der Waals surface area contributed by atoms with E-state index in [0.29, 0.717) is 0 Å². The van der Waals surface area contributed by atoms with Crippen molar-refractivity contribution < 1.29 is 5.11 Å². The topological polar surface area (TPSA) is 38.0 Å². The smallest absolute Gasteiger partial charge is 0.115 e. The van der Waals surface area contributed by atoms with Crippen LogP contribution in [0.4, 0.5) is 0 Å². The fourth-order valence-electron chi connectivity index (χ4n) is 1.05. The van der Waals surface area contributed by atoms with Crippen molar-refractivity contribution in [2.45, 2.75) is 0 Å². The molecule has 1 heterocycles. The molecule has 0 fully saturated rings. The van der Waals surface area contributed by atoms with Crippen LogP contribution in [0, 0.1) is 0 Å². The molecular weight excluding hydrogens is 232 g/mol. The summed E-state index contributed by atoms with van der Waals surface area (Å²) in [5.74, 6) is 0.259. The Morgan fingerprint density at radius 3 is 2.46 bits per heavy atom. The summed E-state index contributed by atoms with van der Waals surface area (Å²) < 4.78 is 2.66. The summed E-state index contributed by atoms with van der Waals surface area (Å²) in [5, 5.41) is 13.2. The van der Waals surface area contributed by atoms with Crippen LogP contribution in [-0.4, -0.2) is 14.9 Å². The van der Waals surface area contributed by atoms with Crippen LogP contribution < -0.4 is 0 Å². The van der Waals surface area contributed by atoms with Crippen LogP contribution in [0.3, 0.4) is 0 Å². The molecule has 0 amide bonds. The number of hydrogen-bond acceptors (Lipinski definition) is 2. The van der Waals surface area contributed by atoms with Crippen molar-refractivity contribution in [3.8, 4) is 11.4 Å². The minimum absolute atomic E-state index is 0.259. The summed E-state index contributed by atoms with van der Waals surface area (Å²) in [6.07, 6.45) is 3.57. The second-order valence-electron chi connectivity index (χ2n) is 2.62. The normalized spacial score (nSPS) is 10.2. The van der Waals surface area contributed by atoms with Crippen LogP contribution in [-0.2, 0) is 0 Å². The molecular formula is C9H7BrN2O. The van der Waals surface area contributed by atoms with E-state index in [-0.39, 0.29) is 5.75 Å². The van der Waals surface area contributed by atoms with Crippen LogP contribution >= 0.6 is 15.9 Å². The standard InChI is InChI=1S/C9H7BrN2O/c10-7-5-11-12(6-7)8-1-3-9(13)4-2-8/h1-6,13H. The van der Waals surface area contributed by atoms with Gasteiger partial charge in [0.1, 0.15) is 5.75 Å². The molecule has 0 saturated carbocycles. The molecule has 13 heavy (non-hydrogen) atoms. The lowest BCUT2D eigenvalue weighted by atomic mass is 10.3. The van der Waals surface area contributed by atoms with Gasteiger partial charge in [-0.3, -0.25) is 0 Å². The van der Waals surface area contributed by atoms with Crippen LogP contribution in [0.2, 0.25) is 0 Å². The molecule has 66 valence electrons. The highest BCUT2D eigenvalue weighted by molar-refractivity contribution is 9.10. The lowest BCUT2D eigenvalue weighted by Gasteiger charge is -1.99. The fraction of sp³-hybridized carbons (Fsp3) is 0. The summed E-state index contributed by atoms with van der Waals surface area (Å²) in [4.78, 5) is 0. The van der Waals surface area contributed by atoms with Gasteiger partial charge in [0, 0.05) is 6.20 Å². The van der Waals surface area contributed by atoms with Crippen LogP contribution in [0.5, 0.6) is 5.75 Å². The molecule has 4 heteroatoms. The Bertz CT molecular complexity index is 408. The highest BCUT2D eigenvalue weighted by Crippen LogP contribution is 2.15. The van der Waals surface area contributed by atoms with Crippen molar-refractivity contribution in [2.24, 2.45) is 0 Å². The second-order valence-corrected chi connectivity index (χ2v) is 3.54. The molecule has 0 spiro atoms. The minimum atomic E-state index is 0.259. The summed E-state index contributed by atoms with van der Waals surface area (Å²) in [6, 6.07) is 6.86. The highest BCUT2D eigenvalue weighted by atomic mass is 79.9. The molecule has 2 aromatic rings. The maximum Gasteiger partial charge on any atom is 0.115 e. The fourth-order valence-corrected chi connectivity index (χ4v) is 1.33. The van der Waals surface area contributed by atoms with Crippen molar-refractivity contribution in [3.05, 3.63) is 41.1 Å². The van der Waals surface area contributed by atoms with Gasteiger partial charge in [0.05, 0.1) is 16.4 Å². The zero-order chi connectivity index (χ0) is 9.26. The molecule has 0 atom stereocenters. The Balaban J connectivity index is 2.41. The predicted molar refractivity (Wildman–Crippen MR) is 52.9 cm³/mol. The minimum Gasteiger partial charge on any atom is -0.508 e. The lowest BCUT2D eigenvalue weighted by Crippen LogP contribution is -1.92. The Morgan fingerprint density at radius 1 is 1.23 bits per heavy atom. The highest BCUT2D eigenvalue weighted by Gasteiger charge is 1.97. The summed E-state index contributed by atoms with van der Waals surface area (Å²) in [5.41, 5.74) is 0.920. The Morgan fingerprint density at radius 2 is 1.92 bits per heavy atom. The number of halogens is 1. The van der Waals surface area contributed by atoms with Crippen molar-refractivity contribution in [1.82, 2.24) is 9.78 Å². The van der Waals surface area contributed by atoms with Gasteiger partial charge in [0.25, 0.3) is 0 Å². The van der Waals surface area contributed by atoms with Gasteiger partial charge in [0.2, 0.25) is 0 Å². The van der Waals surface area contributed by atoms with Gasteiger partial charge in [0.15, 0.2) is 0 Å². The first kappa shape index (κ1) is 8.31. The first-order chi connectivity index (χ1) is 6.25. The molecule has 1 aromatic carbocycles. The summed E-state index contributed by atoms with van der Waals surface area (Å²) in [7, 11) is 0. The quantitative estimate of drug-likeness (QED) is 0.829. The zero-order valence-corrected chi connectivity index (χ0v) is 8.27. The number of phenolic OH excluding ortho intramolecular Hbond substituents is 1. The van der Waals surface area contributed by atoms with Crippen molar-refractivity contribution in [1.29, 1.82) is 0 Å². The number of hydrogen-bond donors (Lipinski definition) is 1. The van der Waals surface area contributed by atoms with E-state index in [1.54, 1.807) is 35.1 Å². The largest absolute Gasteiger partial charge is 0.508 e. The average Bonchev–Trinajstić information content (AvgIpc) is 2.53. The molecule has 0 unspecified atom stereocenters. The van der Waals surface area contributed by atoms with E-state index in [1.165, 1.54) is 0 Å². The van der Waals surface area contributed by atoms with E-state index in [1.807, 2.05) is 6.20 Å². The van der Waals surface area contributed by atoms with Gasteiger partial charge < -0.3 is 5.11 Å². The van der Waals surface area contributed by atoms with Gasteiger partial charge in [-0.1, -0.05) is 0 Å². The number of rotatable bonds is 1. The van der Waals surface area contributed by atoms with Crippen molar-refractivity contribution in [3.63, 3.8) is 0 Å². The molecule has 0 aliphatic rings. The molecule has 3 nitrogen and oxygen atoms in total. The molecule has 0 saturated heterocycles. The summed E-state index contributed by atoms with van der Waals surface area (Å²) in [6.45, 7) is 0. The molecule has 0 aliphatic carbocycles. The van der Waals surface area contributed by atoms with Crippen molar-refractivity contribution >= 4 is 15.9 Å². The van der Waals surface area contributed by atoms with E-state index < -0.39 is 0 Å². The molecule has 1 N–H and O–H groups in total. The third-order valence-electron chi connectivity index (χ3n) is 1.67. The third-order valence-corrected chi connectivity index (χ3v) is 2.07. The van der Waals surface area contributed by atoms with E-state index in [2.05, 4.69) is 21.0 Å². The number of aromatic hydroxyl groups is 1. The van der Waals surface area contributed by atoms with Gasteiger partial charge in [-0.2, -0.15) is 5.10 Å². The van der Waals surface area contributed by atoms with Gasteiger partial charge in [-0.25, -0.2) is 4.68 Å². The average molecular weight is 239 g/mol. The number of phenols is 1. The SMILES string of the molecule is Oc1ccc(-n2cc(Br)cn2)cc1. The zero-order valence-electron chi connectivity index (χ0n) is 6.68. The molecule has 0 aliphatic heterocycles. The van der Waals surface area contributed by atoms with Gasteiger partial charge in [-0.05, 0) is 40.2 Å². The van der Waals surface area contributed by atoms with Crippen molar-refractivity contribution in [2.75, 3.05) is 0 Å². The first-order valence-electron chi connectivity index (χ1n) is 3.75. The number of nitrogens with zero attached hydrogens (tertiary/aromatic N) is 2. The first-order valence-corrected chi connectivity index (χ1v) is 4.54. The maximum atomic E-state index is 9.07. The lowest BCUT2D eigenvalue weighted by molar-refractivity contribution is 0.475. The Hall–Kier alpha value is -1.29. The van der Waals surface area contributed by atoms with Gasteiger partial charge >= 0.3 is 0 Å². The van der Waals surface area contributed by atoms with E-state index in [4.69, 9.17) is 5.11 Å². The number of benzene rings is 1. The maximum absolute atomic E-state index is 9.07. The Kier molecular flexibility index (Phi) is 2.06. The Labute approximate surface area is 83.8 Å². The van der Waals surface area contributed by atoms with E-state index in [0.717, 1.165) is 10.2 Å². The van der Waals surface area contributed by atoms with Crippen LogP contribution in [0.25, 0.3) is 5.69 Å². The van der Waals surface area contributed by atoms with Crippen LogP contribution in [0.1, 0.15) is 0 Å². The number of aromatic nitrogens is 2. The van der Waals surface area contributed by atoms with Crippen LogP contribution in [0.15, 0.2) is 41.1 Å². The van der Waals surface area contributed by atoms with E-state index in [9.17, 15) is 0 Å². The summed E-state index contributed by atoms with van der Waals surface area (Å²) >= 11 is 3.31. The van der Waals surface area contributed by atoms with E-state index >= 15 is 0 Å².